The molecule has 1 fully saturated rings. The molecule has 3 unspecified atom stereocenters. The first kappa shape index (κ1) is 41.9. The van der Waals surface area contributed by atoms with Crippen molar-refractivity contribution in [1.29, 1.82) is 0 Å². The highest BCUT2D eigenvalue weighted by atomic mass is 16.2. The zero-order valence-electron chi connectivity index (χ0n) is 31.2. The van der Waals surface area contributed by atoms with Crippen LogP contribution in [0.2, 0.25) is 0 Å². The smallest absolute Gasteiger partial charge is 0.297 e. The normalized spacial score (nSPS) is 18.4. The van der Waals surface area contributed by atoms with Crippen LogP contribution in [0.15, 0.2) is 0 Å². The second-order valence-corrected chi connectivity index (χ2v) is 14.4. The van der Waals surface area contributed by atoms with Crippen molar-refractivity contribution in [2.24, 2.45) is 0 Å². The molecule has 2 N–H and O–H groups in total. The molecule has 0 bridgehead atoms. The van der Waals surface area contributed by atoms with Gasteiger partial charge in [-0.05, 0) is 53.1 Å². The molecule has 1 rings (SSSR count). The Morgan fingerprint density at radius 1 is 0.511 bits per heavy atom. The van der Waals surface area contributed by atoms with Crippen molar-refractivity contribution in [2.75, 3.05) is 13.1 Å². The number of carbonyl (C=O) groups is 2. The zero-order valence-corrected chi connectivity index (χ0v) is 31.2. The van der Waals surface area contributed by atoms with Crippen molar-refractivity contribution < 1.29 is 9.59 Å². The van der Waals surface area contributed by atoms with Gasteiger partial charge < -0.3 is 0 Å². The monoisotopic (exact) mass is 635 g/mol. The SMILES string of the molecule is CCCCCCCCCCCC1(C)C(=O)N(C(C)NCCCCCCCCCC)C(=O)N1C(C)NCCCCCCCCCC. The van der Waals surface area contributed by atoms with Crippen LogP contribution in [0.5, 0.6) is 0 Å². The van der Waals surface area contributed by atoms with Crippen LogP contribution in [-0.2, 0) is 4.79 Å². The Bertz CT molecular complexity index is 732. The van der Waals surface area contributed by atoms with Crippen LogP contribution in [0.1, 0.15) is 208 Å². The molecule has 3 amide bonds. The molecule has 0 aliphatic carbocycles. The first-order valence-electron chi connectivity index (χ1n) is 20.0. The summed E-state index contributed by atoms with van der Waals surface area (Å²) in [5.74, 6) is -0.0243. The minimum atomic E-state index is -0.793. The summed E-state index contributed by atoms with van der Waals surface area (Å²) in [7, 11) is 0. The van der Waals surface area contributed by atoms with Crippen LogP contribution in [0.4, 0.5) is 4.79 Å². The summed E-state index contributed by atoms with van der Waals surface area (Å²) in [6, 6.07) is -0.134. The molecule has 45 heavy (non-hydrogen) atoms. The van der Waals surface area contributed by atoms with Crippen LogP contribution >= 0.6 is 0 Å². The van der Waals surface area contributed by atoms with Crippen molar-refractivity contribution in [3.8, 4) is 0 Å². The first-order chi connectivity index (χ1) is 21.8. The number of carbonyl (C=O) groups excluding carboxylic acids is 2. The van der Waals surface area contributed by atoms with E-state index in [0.717, 1.165) is 45.2 Å². The van der Waals surface area contributed by atoms with Gasteiger partial charge in [0.2, 0.25) is 0 Å². The summed E-state index contributed by atoms with van der Waals surface area (Å²) >= 11 is 0. The van der Waals surface area contributed by atoms with Gasteiger partial charge in [0.25, 0.3) is 5.91 Å². The molecule has 0 spiro atoms. The van der Waals surface area contributed by atoms with Crippen molar-refractivity contribution in [3.63, 3.8) is 0 Å². The summed E-state index contributed by atoms with van der Waals surface area (Å²) in [5.41, 5.74) is -0.793. The van der Waals surface area contributed by atoms with Crippen LogP contribution < -0.4 is 10.6 Å². The van der Waals surface area contributed by atoms with E-state index in [1.165, 1.54) is 140 Å². The predicted octanol–water partition coefficient (Wildman–Crippen LogP) is 11.1. The van der Waals surface area contributed by atoms with Gasteiger partial charge in [-0.15, -0.1) is 0 Å². The summed E-state index contributed by atoms with van der Waals surface area (Å²) < 4.78 is 0. The molecular formula is C39H78N4O2. The van der Waals surface area contributed by atoms with Gasteiger partial charge in [-0.3, -0.25) is 20.3 Å². The average Bonchev–Trinajstić information content (AvgIpc) is 3.22. The van der Waals surface area contributed by atoms with Gasteiger partial charge in [-0.1, -0.05) is 168 Å². The largest absolute Gasteiger partial charge is 0.330 e. The van der Waals surface area contributed by atoms with E-state index < -0.39 is 5.54 Å². The van der Waals surface area contributed by atoms with Gasteiger partial charge >= 0.3 is 6.03 Å². The lowest BCUT2D eigenvalue weighted by atomic mass is 9.91. The number of urea groups is 1. The average molecular weight is 635 g/mol. The molecule has 3 atom stereocenters. The number of hydrogen-bond acceptors (Lipinski definition) is 4. The Morgan fingerprint density at radius 3 is 1.24 bits per heavy atom. The van der Waals surface area contributed by atoms with E-state index in [0.29, 0.717) is 0 Å². The minimum absolute atomic E-state index is 0.0243. The van der Waals surface area contributed by atoms with Gasteiger partial charge in [-0.2, -0.15) is 0 Å². The van der Waals surface area contributed by atoms with Gasteiger partial charge in [0.15, 0.2) is 0 Å². The highest BCUT2D eigenvalue weighted by Gasteiger charge is 2.56. The highest BCUT2D eigenvalue weighted by molar-refractivity contribution is 6.07. The Kier molecular flexibility index (Phi) is 25.0. The molecule has 0 aromatic heterocycles. The molecule has 6 nitrogen and oxygen atoms in total. The maximum Gasteiger partial charge on any atom is 0.330 e. The van der Waals surface area contributed by atoms with Crippen molar-refractivity contribution in [1.82, 2.24) is 20.4 Å². The van der Waals surface area contributed by atoms with E-state index in [1.807, 2.05) is 18.7 Å². The van der Waals surface area contributed by atoms with E-state index >= 15 is 0 Å². The lowest BCUT2D eigenvalue weighted by Gasteiger charge is -2.36. The van der Waals surface area contributed by atoms with Crippen LogP contribution in [0, 0.1) is 0 Å². The summed E-state index contributed by atoms with van der Waals surface area (Å²) in [4.78, 5) is 31.4. The molecule has 1 saturated heterocycles. The fourth-order valence-corrected chi connectivity index (χ4v) is 7.04. The number of nitrogens with one attached hydrogen (secondary N) is 2. The number of rotatable bonds is 32. The Balaban J connectivity index is 2.65. The van der Waals surface area contributed by atoms with Gasteiger partial charge in [0.1, 0.15) is 5.54 Å². The number of hydrogen-bond donors (Lipinski definition) is 2. The van der Waals surface area contributed by atoms with Crippen LogP contribution in [0.25, 0.3) is 0 Å². The molecule has 0 aromatic rings. The second kappa shape index (κ2) is 26.9. The standard InChI is InChI=1S/C39H78N4O2/c1-7-10-13-16-19-22-23-26-29-32-39(6)37(44)42(35(4)40-33-30-27-24-20-17-14-11-8-2)38(45)43(39)36(5)41-34-31-28-25-21-18-15-12-9-3/h35-36,40-41H,7-34H2,1-6H3. The number of unbranched alkanes of at least 4 members (excludes halogenated alkanes) is 22. The maximum absolute atomic E-state index is 14.0. The molecule has 1 heterocycles. The highest BCUT2D eigenvalue weighted by Crippen LogP contribution is 2.35. The molecule has 0 saturated carbocycles. The molecule has 6 heteroatoms. The van der Waals surface area contributed by atoms with Crippen molar-refractivity contribution in [2.45, 2.75) is 226 Å². The summed E-state index contributed by atoms with van der Waals surface area (Å²) in [5, 5.41) is 7.15. The third kappa shape index (κ3) is 17.0. The maximum atomic E-state index is 14.0. The summed E-state index contributed by atoms with van der Waals surface area (Å²) in [6.07, 6.45) is 32.0. The van der Waals surface area contributed by atoms with Gasteiger partial charge in [0, 0.05) is 0 Å². The lowest BCUT2D eigenvalue weighted by molar-refractivity contribution is -0.135. The fourth-order valence-electron chi connectivity index (χ4n) is 7.04. The minimum Gasteiger partial charge on any atom is -0.297 e. The Labute approximate surface area is 281 Å². The Morgan fingerprint density at radius 2 is 0.844 bits per heavy atom. The number of amides is 3. The van der Waals surface area contributed by atoms with E-state index in [1.54, 1.807) is 0 Å². The van der Waals surface area contributed by atoms with E-state index in [2.05, 4.69) is 38.3 Å². The number of nitrogens with zero attached hydrogens (tertiary/aromatic N) is 2. The zero-order chi connectivity index (χ0) is 33.2. The number of imide groups is 1. The first-order valence-corrected chi connectivity index (χ1v) is 20.0. The fraction of sp³-hybridized carbons (Fsp3) is 0.949. The van der Waals surface area contributed by atoms with Gasteiger partial charge in [-0.25, -0.2) is 9.69 Å². The molecule has 1 aliphatic rings. The third-order valence-corrected chi connectivity index (χ3v) is 10.1. The van der Waals surface area contributed by atoms with Crippen LogP contribution in [0.3, 0.4) is 0 Å². The van der Waals surface area contributed by atoms with Crippen molar-refractivity contribution in [3.05, 3.63) is 0 Å². The molecule has 0 aromatic carbocycles. The lowest BCUT2D eigenvalue weighted by Crippen LogP contribution is -2.56. The van der Waals surface area contributed by atoms with Crippen molar-refractivity contribution >= 4 is 11.9 Å². The van der Waals surface area contributed by atoms with E-state index in [-0.39, 0.29) is 24.3 Å². The molecular weight excluding hydrogens is 556 g/mol. The predicted molar refractivity (Wildman–Crippen MR) is 194 cm³/mol. The topological polar surface area (TPSA) is 64.7 Å². The quantitative estimate of drug-likeness (QED) is 0.0571. The van der Waals surface area contributed by atoms with Gasteiger partial charge in [0.05, 0.1) is 12.3 Å². The summed E-state index contributed by atoms with van der Waals surface area (Å²) in [6.45, 7) is 14.6. The Hall–Kier alpha value is -1.14. The molecule has 266 valence electrons. The van der Waals surface area contributed by atoms with Crippen LogP contribution in [-0.4, -0.2) is 52.7 Å². The van der Waals surface area contributed by atoms with E-state index in [9.17, 15) is 9.59 Å². The molecule has 0 radical (unpaired) electrons. The molecule has 1 aliphatic heterocycles. The second-order valence-electron chi connectivity index (χ2n) is 14.4. The third-order valence-electron chi connectivity index (χ3n) is 10.1. The van der Waals surface area contributed by atoms with E-state index in [4.69, 9.17) is 0 Å².